The first-order valence-corrected chi connectivity index (χ1v) is 8.34. The summed E-state index contributed by atoms with van der Waals surface area (Å²) < 4.78 is 21.7. The number of fused-ring (bicyclic) bond motifs is 1. The molecule has 2 aromatic rings. The summed E-state index contributed by atoms with van der Waals surface area (Å²) in [5.74, 6) is -2.08. The summed E-state index contributed by atoms with van der Waals surface area (Å²) >= 11 is 0. The van der Waals surface area contributed by atoms with Crippen LogP contribution in [0.2, 0.25) is 0 Å². The van der Waals surface area contributed by atoms with Gasteiger partial charge in [0.05, 0.1) is 6.20 Å². The number of nitrogens with zero attached hydrogens (tertiary/aromatic N) is 5. The van der Waals surface area contributed by atoms with Crippen LogP contribution in [0.1, 0.15) is 27.0 Å². The van der Waals surface area contributed by atoms with Crippen molar-refractivity contribution in [3.8, 4) is 0 Å². The summed E-state index contributed by atoms with van der Waals surface area (Å²) in [5, 5.41) is 20.7. The van der Waals surface area contributed by atoms with E-state index in [0.29, 0.717) is 9.53 Å². The summed E-state index contributed by atoms with van der Waals surface area (Å²) in [6.07, 6.45) is -3.84. The summed E-state index contributed by atoms with van der Waals surface area (Å²) in [6.45, 7) is 3.07. The van der Waals surface area contributed by atoms with Crippen LogP contribution in [0.25, 0.3) is 11.0 Å². The van der Waals surface area contributed by atoms with E-state index >= 15 is 0 Å². The number of hydrogen-bond donors (Lipinski definition) is 1. The van der Waals surface area contributed by atoms with Gasteiger partial charge in [-0.15, -0.1) is 10.2 Å². The molecule has 1 aliphatic rings. The van der Waals surface area contributed by atoms with Gasteiger partial charge < -0.3 is 24.2 Å². The Hall–Kier alpha value is -3.55. The van der Waals surface area contributed by atoms with Gasteiger partial charge in [-0.05, 0) is 0 Å². The first kappa shape index (κ1) is 20.2. The average molecular weight is 411 g/mol. The van der Waals surface area contributed by atoms with E-state index in [1.807, 2.05) is 0 Å². The predicted molar refractivity (Wildman–Crippen MR) is 88.4 cm³/mol. The summed E-state index contributed by atoms with van der Waals surface area (Å²) in [4.78, 5) is 47.4. The van der Waals surface area contributed by atoms with E-state index in [9.17, 15) is 24.4 Å². The molecule has 0 aliphatic carbocycles. The molecular weight excluding hydrogens is 394 g/mol. The zero-order chi connectivity index (χ0) is 21.3. The van der Waals surface area contributed by atoms with Gasteiger partial charge in [0.2, 0.25) is 0 Å². The molecule has 3 rings (SSSR count). The Balaban J connectivity index is 2.05. The first-order valence-electron chi connectivity index (χ1n) is 8.34. The third kappa shape index (κ3) is 4.01. The molecule has 0 amide bonds. The first-order chi connectivity index (χ1) is 13.7. The Kier molecular flexibility index (Phi) is 5.45. The molecule has 2 aromatic heterocycles. The van der Waals surface area contributed by atoms with Crippen LogP contribution in [0.15, 0.2) is 11.0 Å². The van der Waals surface area contributed by atoms with Gasteiger partial charge in [0, 0.05) is 20.8 Å². The fraction of sp³-hybridized carbons (Fsp3) is 0.533. The van der Waals surface area contributed by atoms with E-state index in [1.165, 1.54) is 6.92 Å². The zero-order valence-electron chi connectivity index (χ0n) is 15.5. The monoisotopic (exact) mass is 411 g/mol. The van der Waals surface area contributed by atoms with E-state index in [0.717, 1.165) is 20.0 Å². The molecule has 0 aromatic carbocycles. The van der Waals surface area contributed by atoms with Crippen molar-refractivity contribution in [2.24, 2.45) is 0 Å². The van der Waals surface area contributed by atoms with Gasteiger partial charge in [-0.3, -0.25) is 19.2 Å². The highest BCUT2D eigenvalue weighted by atomic mass is 16.7. The Labute approximate surface area is 161 Å². The quantitative estimate of drug-likeness (QED) is 0.345. The van der Waals surface area contributed by atoms with Crippen LogP contribution in [-0.2, 0) is 33.3 Å². The van der Waals surface area contributed by atoms with Crippen molar-refractivity contribution in [3.05, 3.63) is 16.6 Å². The van der Waals surface area contributed by atoms with Gasteiger partial charge in [0.1, 0.15) is 18.2 Å². The highest BCUT2D eigenvalue weighted by molar-refractivity contribution is 5.71. The van der Waals surface area contributed by atoms with Crippen LogP contribution in [-0.4, -0.2) is 73.0 Å². The molecular formula is C15H17N5O9. The van der Waals surface area contributed by atoms with Crippen LogP contribution < -0.4 is 5.56 Å². The number of carbonyl (C=O) groups is 3. The van der Waals surface area contributed by atoms with Crippen molar-refractivity contribution >= 4 is 28.9 Å². The molecule has 0 spiro atoms. The van der Waals surface area contributed by atoms with Crippen molar-refractivity contribution < 1.29 is 38.5 Å². The molecule has 156 valence electrons. The lowest BCUT2D eigenvalue weighted by atomic mass is 10.1. The Morgan fingerprint density at radius 2 is 1.79 bits per heavy atom. The average Bonchev–Trinajstić information content (AvgIpc) is 3.15. The second kappa shape index (κ2) is 7.83. The van der Waals surface area contributed by atoms with E-state index in [2.05, 4.69) is 15.4 Å². The molecule has 0 bridgehead atoms. The smallest absolute Gasteiger partial charge is 0.303 e. The molecule has 1 fully saturated rings. The van der Waals surface area contributed by atoms with Gasteiger partial charge in [0.25, 0.3) is 0 Å². The van der Waals surface area contributed by atoms with Gasteiger partial charge >= 0.3 is 23.5 Å². The van der Waals surface area contributed by atoms with Gasteiger partial charge in [0.15, 0.2) is 24.0 Å². The summed E-state index contributed by atoms with van der Waals surface area (Å²) in [6, 6.07) is 0. The van der Waals surface area contributed by atoms with Crippen molar-refractivity contribution in [2.75, 3.05) is 6.61 Å². The second-order valence-electron chi connectivity index (χ2n) is 6.12. The van der Waals surface area contributed by atoms with Crippen LogP contribution in [0.3, 0.4) is 0 Å². The van der Waals surface area contributed by atoms with Crippen LogP contribution in [0, 0.1) is 0 Å². The van der Waals surface area contributed by atoms with Crippen LogP contribution >= 0.6 is 0 Å². The maximum absolute atomic E-state index is 12.8. The maximum atomic E-state index is 12.8. The van der Waals surface area contributed by atoms with Gasteiger partial charge in [-0.25, -0.2) is 0 Å². The van der Waals surface area contributed by atoms with E-state index < -0.39 is 48.0 Å². The molecule has 1 saturated heterocycles. The number of rotatable bonds is 5. The SMILES string of the molecule is CC(=O)OCC1OC(n2nnc3cnn(O)c3c2=O)C(OC(C)=O)C1OC(C)=O. The number of aromatic nitrogens is 5. The third-order valence-electron chi connectivity index (χ3n) is 3.97. The van der Waals surface area contributed by atoms with Crippen molar-refractivity contribution in [1.29, 1.82) is 0 Å². The van der Waals surface area contributed by atoms with Crippen LogP contribution in [0.4, 0.5) is 0 Å². The fourth-order valence-corrected chi connectivity index (χ4v) is 2.90. The highest BCUT2D eigenvalue weighted by Gasteiger charge is 2.51. The second-order valence-corrected chi connectivity index (χ2v) is 6.12. The van der Waals surface area contributed by atoms with Gasteiger partial charge in [-0.2, -0.15) is 4.68 Å². The predicted octanol–water partition coefficient (Wildman–Crippen LogP) is -1.45. The molecule has 0 saturated carbocycles. The lowest BCUT2D eigenvalue weighted by Gasteiger charge is -2.23. The summed E-state index contributed by atoms with van der Waals surface area (Å²) in [5.41, 5.74) is -1.13. The normalized spacial score (nSPS) is 23.7. The zero-order valence-corrected chi connectivity index (χ0v) is 15.5. The topological polar surface area (TPSA) is 174 Å². The Morgan fingerprint density at radius 3 is 2.41 bits per heavy atom. The maximum Gasteiger partial charge on any atom is 0.303 e. The molecule has 0 radical (unpaired) electrons. The number of ether oxygens (including phenoxy) is 4. The summed E-state index contributed by atoms with van der Waals surface area (Å²) in [7, 11) is 0. The van der Waals surface area contributed by atoms with Crippen molar-refractivity contribution in [1.82, 2.24) is 24.9 Å². The molecule has 1 N–H and O–H groups in total. The molecule has 4 unspecified atom stereocenters. The lowest BCUT2D eigenvalue weighted by molar-refractivity contribution is -0.166. The number of hydrogen-bond acceptors (Lipinski definition) is 12. The van der Waals surface area contributed by atoms with Gasteiger partial charge in [-0.1, -0.05) is 10.1 Å². The van der Waals surface area contributed by atoms with E-state index in [1.54, 1.807) is 0 Å². The van der Waals surface area contributed by atoms with Crippen molar-refractivity contribution in [2.45, 2.75) is 45.3 Å². The highest BCUT2D eigenvalue weighted by Crippen LogP contribution is 2.33. The standard InChI is InChI=1S/C15H17N5O9/c1-6(21)26-5-10-12(27-7(2)22)13(28-8(3)23)15(29-10)19-14(24)11-9(17-18-19)4-16-20(11)25/h4,10,12-13,15,25H,5H2,1-3H3. The third-order valence-corrected chi connectivity index (χ3v) is 3.97. The van der Waals surface area contributed by atoms with E-state index in [4.69, 9.17) is 18.9 Å². The molecule has 14 heteroatoms. The molecule has 1 aliphatic heterocycles. The minimum atomic E-state index is -1.39. The lowest BCUT2D eigenvalue weighted by Crippen LogP contribution is -2.42. The minimum absolute atomic E-state index is 0.0174. The Bertz CT molecular complexity index is 1020. The van der Waals surface area contributed by atoms with Crippen LogP contribution in [0.5, 0.6) is 0 Å². The van der Waals surface area contributed by atoms with Crippen molar-refractivity contribution in [3.63, 3.8) is 0 Å². The fourth-order valence-electron chi connectivity index (χ4n) is 2.90. The number of carbonyl (C=O) groups excluding carboxylic acids is 3. The number of esters is 3. The molecule has 14 nitrogen and oxygen atoms in total. The Morgan fingerprint density at radius 1 is 1.14 bits per heavy atom. The molecule has 29 heavy (non-hydrogen) atoms. The van der Waals surface area contributed by atoms with E-state index in [-0.39, 0.29) is 17.6 Å². The molecule has 4 atom stereocenters. The molecule has 3 heterocycles. The largest absolute Gasteiger partial charge is 0.463 e. The minimum Gasteiger partial charge on any atom is -0.463 e.